The van der Waals surface area contributed by atoms with Crippen LogP contribution in [0.3, 0.4) is 0 Å². The first-order valence-corrected chi connectivity index (χ1v) is 9.38. The van der Waals surface area contributed by atoms with Gasteiger partial charge in [-0.25, -0.2) is 4.79 Å². The molecule has 0 fully saturated rings. The minimum absolute atomic E-state index is 0.152. The topological polar surface area (TPSA) is 92.2 Å². The first-order valence-electron chi connectivity index (χ1n) is 9.38. The van der Waals surface area contributed by atoms with Gasteiger partial charge >= 0.3 is 5.69 Å². The molecule has 1 aliphatic rings. The molecule has 2 aromatic heterocycles. The summed E-state index contributed by atoms with van der Waals surface area (Å²) in [6.45, 7) is 2.41. The summed E-state index contributed by atoms with van der Waals surface area (Å²) in [6, 6.07) is 7.34. The smallest absolute Gasteiger partial charge is 0.331 e. The van der Waals surface area contributed by atoms with Crippen molar-refractivity contribution >= 4 is 0 Å². The number of rotatable bonds is 4. The Kier molecular flexibility index (Phi) is 4.85. The van der Waals surface area contributed by atoms with Crippen LogP contribution >= 0.6 is 0 Å². The van der Waals surface area contributed by atoms with E-state index in [0.717, 1.165) is 24.8 Å². The molecule has 0 saturated carbocycles. The summed E-state index contributed by atoms with van der Waals surface area (Å²) in [6.07, 6.45) is 3.47. The molecular formula is C20H22N4O4. The van der Waals surface area contributed by atoms with Crippen molar-refractivity contribution in [1.29, 1.82) is 0 Å². The summed E-state index contributed by atoms with van der Waals surface area (Å²) in [7, 11) is 1.58. The number of ether oxygens (including phenoxy) is 1. The lowest BCUT2D eigenvalue weighted by Crippen LogP contribution is -2.42. The first-order chi connectivity index (χ1) is 13.6. The molecule has 0 bridgehead atoms. The number of hydrogen-bond acceptors (Lipinski definition) is 6. The van der Waals surface area contributed by atoms with Crippen LogP contribution in [0.5, 0.6) is 5.75 Å². The van der Waals surface area contributed by atoms with Gasteiger partial charge in [0.1, 0.15) is 11.3 Å². The average molecular weight is 382 g/mol. The third-order valence-corrected chi connectivity index (χ3v) is 5.06. The van der Waals surface area contributed by atoms with Crippen LogP contribution in [0.2, 0.25) is 0 Å². The molecule has 28 heavy (non-hydrogen) atoms. The maximum absolute atomic E-state index is 13.3. The lowest BCUT2D eigenvalue weighted by Gasteiger charge is -2.16. The normalized spacial score (nSPS) is 13.8. The Morgan fingerprint density at radius 2 is 2.07 bits per heavy atom. The minimum Gasteiger partial charge on any atom is -0.497 e. The van der Waals surface area contributed by atoms with Gasteiger partial charge < -0.3 is 9.26 Å². The van der Waals surface area contributed by atoms with Crippen molar-refractivity contribution in [1.82, 2.24) is 19.3 Å². The SMILES string of the molecule is COc1cccc(Cn2c(=O)c(-c3noc(C)n3)c3n(c2=O)CCCCC3)c1. The van der Waals surface area contributed by atoms with E-state index >= 15 is 0 Å². The Morgan fingerprint density at radius 1 is 1.21 bits per heavy atom. The molecule has 0 unspecified atom stereocenters. The van der Waals surface area contributed by atoms with Gasteiger partial charge in [0.2, 0.25) is 11.7 Å². The predicted molar refractivity (Wildman–Crippen MR) is 103 cm³/mol. The molecule has 3 aromatic rings. The van der Waals surface area contributed by atoms with Crippen LogP contribution in [0.4, 0.5) is 0 Å². The third-order valence-electron chi connectivity index (χ3n) is 5.06. The van der Waals surface area contributed by atoms with Gasteiger partial charge in [-0.1, -0.05) is 23.7 Å². The van der Waals surface area contributed by atoms with Crippen LogP contribution in [0.1, 0.15) is 36.4 Å². The van der Waals surface area contributed by atoms with Crippen LogP contribution in [0, 0.1) is 6.92 Å². The molecule has 0 N–H and O–H groups in total. The molecular weight excluding hydrogens is 360 g/mol. The van der Waals surface area contributed by atoms with Crippen LogP contribution in [-0.4, -0.2) is 26.4 Å². The molecule has 0 spiro atoms. The zero-order valence-corrected chi connectivity index (χ0v) is 16.0. The van der Waals surface area contributed by atoms with Crippen molar-refractivity contribution < 1.29 is 9.26 Å². The lowest BCUT2D eigenvalue weighted by molar-refractivity contribution is 0.394. The van der Waals surface area contributed by atoms with E-state index in [1.54, 1.807) is 18.6 Å². The summed E-state index contributed by atoms with van der Waals surface area (Å²) in [5.41, 5.74) is 1.19. The second-order valence-electron chi connectivity index (χ2n) is 6.95. The van der Waals surface area contributed by atoms with E-state index in [-0.39, 0.29) is 23.6 Å². The maximum Gasteiger partial charge on any atom is 0.331 e. The highest BCUT2D eigenvalue weighted by Gasteiger charge is 2.24. The molecule has 0 atom stereocenters. The van der Waals surface area contributed by atoms with Crippen molar-refractivity contribution in [2.24, 2.45) is 0 Å². The van der Waals surface area contributed by atoms with Crippen LogP contribution in [-0.2, 0) is 19.5 Å². The van der Waals surface area contributed by atoms with E-state index in [9.17, 15) is 9.59 Å². The Morgan fingerprint density at radius 3 is 2.82 bits per heavy atom. The van der Waals surface area contributed by atoms with Gasteiger partial charge in [0, 0.05) is 19.2 Å². The molecule has 146 valence electrons. The van der Waals surface area contributed by atoms with Gasteiger partial charge in [-0.15, -0.1) is 0 Å². The molecule has 0 saturated heterocycles. The quantitative estimate of drug-likeness (QED) is 0.687. The Hall–Kier alpha value is -3.16. The number of aryl methyl sites for hydroxylation is 1. The van der Waals surface area contributed by atoms with Crippen LogP contribution < -0.4 is 16.0 Å². The van der Waals surface area contributed by atoms with E-state index in [1.165, 1.54) is 4.57 Å². The summed E-state index contributed by atoms with van der Waals surface area (Å²) in [4.78, 5) is 30.8. The van der Waals surface area contributed by atoms with E-state index in [1.807, 2.05) is 24.3 Å². The molecule has 3 heterocycles. The zero-order chi connectivity index (χ0) is 19.7. The number of methoxy groups -OCH3 is 1. The second-order valence-corrected chi connectivity index (χ2v) is 6.95. The van der Waals surface area contributed by atoms with Crippen LogP contribution in [0.25, 0.3) is 11.4 Å². The molecule has 8 nitrogen and oxygen atoms in total. The Bertz CT molecular complexity index is 1130. The fourth-order valence-electron chi connectivity index (χ4n) is 3.69. The van der Waals surface area contributed by atoms with E-state index < -0.39 is 0 Å². The van der Waals surface area contributed by atoms with E-state index in [2.05, 4.69) is 10.1 Å². The predicted octanol–water partition coefficient (Wildman–Crippen LogP) is 2.15. The van der Waals surface area contributed by atoms with Crippen molar-refractivity contribution in [3.05, 3.63) is 62.3 Å². The van der Waals surface area contributed by atoms with Gasteiger partial charge in [-0.3, -0.25) is 13.9 Å². The molecule has 4 rings (SSSR count). The summed E-state index contributed by atoms with van der Waals surface area (Å²) < 4.78 is 13.3. The number of nitrogens with zero attached hydrogens (tertiary/aromatic N) is 4. The lowest BCUT2D eigenvalue weighted by atomic mass is 10.1. The molecule has 1 aliphatic heterocycles. The van der Waals surface area contributed by atoms with Gasteiger partial charge in [0.15, 0.2) is 0 Å². The van der Waals surface area contributed by atoms with E-state index in [4.69, 9.17) is 9.26 Å². The number of aromatic nitrogens is 4. The summed E-state index contributed by atoms with van der Waals surface area (Å²) >= 11 is 0. The largest absolute Gasteiger partial charge is 0.497 e. The van der Waals surface area contributed by atoms with Gasteiger partial charge in [-0.2, -0.15) is 4.98 Å². The van der Waals surface area contributed by atoms with Gasteiger partial charge in [0.25, 0.3) is 5.56 Å². The van der Waals surface area contributed by atoms with Gasteiger partial charge in [0.05, 0.1) is 13.7 Å². The molecule has 0 radical (unpaired) electrons. The van der Waals surface area contributed by atoms with Gasteiger partial charge in [-0.05, 0) is 37.0 Å². The fraction of sp³-hybridized carbons (Fsp3) is 0.400. The molecule has 0 aliphatic carbocycles. The molecule has 8 heteroatoms. The van der Waals surface area contributed by atoms with Crippen molar-refractivity contribution in [3.8, 4) is 17.1 Å². The monoisotopic (exact) mass is 382 g/mol. The van der Waals surface area contributed by atoms with Crippen molar-refractivity contribution in [3.63, 3.8) is 0 Å². The standard InChI is InChI=1S/C20H22N4O4/c1-13-21-18(22-28-13)17-16-9-4-3-5-10-23(16)20(26)24(19(17)25)12-14-7-6-8-15(11-14)27-2/h6-8,11H,3-5,9-10,12H2,1-2H3. The Labute approximate surface area is 161 Å². The zero-order valence-electron chi connectivity index (χ0n) is 16.0. The second kappa shape index (κ2) is 7.46. The average Bonchev–Trinajstić information content (AvgIpc) is 2.97. The number of benzene rings is 1. The number of fused-ring (bicyclic) bond motifs is 1. The first kappa shape index (κ1) is 18.2. The summed E-state index contributed by atoms with van der Waals surface area (Å²) in [5.74, 6) is 1.30. The molecule has 0 amide bonds. The van der Waals surface area contributed by atoms with Crippen LogP contribution in [0.15, 0.2) is 38.4 Å². The number of hydrogen-bond donors (Lipinski definition) is 0. The minimum atomic E-state index is -0.387. The third kappa shape index (κ3) is 3.26. The van der Waals surface area contributed by atoms with Crippen molar-refractivity contribution in [2.45, 2.75) is 45.7 Å². The highest BCUT2D eigenvalue weighted by Crippen LogP contribution is 2.22. The summed E-state index contributed by atoms with van der Waals surface area (Å²) in [5, 5.41) is 3.96. The van der Waals surface area contributed by atoms with E-state index in [0.29, 0.717) is 35.9 Å². The fourth-order valence-corrected chi connectivity index (χ4v) is 3.69. The Balaban J connectivity index is 1.92. The molecule has 1 aromatic carbocycles. The van der Waals surface area contributed by atoms with Crippen molar-refractivity contribution in [2.75, 3.05) is 7.11 Å². The highest BCUT2D eigenvalue weighted by atomic mass is 16.5. The maximum atomic E-state index is 13.3. The highest BCUT2D eigenvalue weighted by molar-refractivity contribution is 5.56.